The van der Waals surface area contributed by atoms with Crippen LogP contribution >= 0.6 is 0 Å². The molecule has 2 atom stereocenters. The third kappa shape index (κ3) is 3.53. The van der Waals surface area contributed by atoms with E-state index in [0.717, 1.165) is 24.0 Å². The Bertz CT molecular complexity index is 863. The maximum atomic E-state index is 12.2. The zero-order valence-electron chi connectivity index (χ0n) is 13.7. The van der Waals surface area contributed by atoms with Gasteiger partial charge in [0.2, 0.25) is 10.0 Å². The van der Waals surface area contributed by atoms with Crippen molar-refractivity contribution in [3.05, 3.63) is 53.7 Å². The van der Waals surface area contributed by atoms with E-state index in [-0.39, 0.29) is 10.9 Å². The molecule has 0 unspecified atom stereocenters. The van der Waals surface area contributed by atoms with Crippen molar-refractivity contribution in [2.45, 2.75) is 36.3 Å². The van der Waals surface area contributed by atoms with E-state index in [1.807, 2.05) is 24.3 Å². The van der Waals surface area contributed by atoms with Gasteiger partial charge in [0, 0.05) is 19.2 Å². The first kappa shape index (κ1) is 16.5. The number of aromatic nitrogens is 1. The van der Waals surface area contributed by atoms with Gasteiger partial charge in [-0.2, -0.15) is 0 Å². The van der Waals surface area contributed by atoms with Crippen molar-refractivity contribution >= 4 is 15.8 Å². The van der Waals surface area contributed by atoms with Crippen molar-refractivity contribution < 1.29 is 13.5 Å². The van der Waals surface area contributed by atoms with Gasteiger partial charge < -0.3 is 10.4 Å². The monoisotopic (exact) mass is 359 g/mol. The van der Waals surface area contributed by atoms with Crippen LogP contribution < -0.4 is 10.0 Å². The Morgan fingerprint density at radius 3 is 2.68 bits per heavy atom. The predicted octanol–water partition coefficient (Wildman–Crippen LogP) is 1.84. The first-order valence-electron chi connectivity index (χ1n) is 8.51. The van der Waals surface area contributed by atoms with Crippen molar-refractivity contribution in [3.63, 3.8) is 0 Å². The van der Waals surface area contributed by atoms with Crippen LogP contribution in [0.3, 0.4) is 0 Å². The Hall–Kier alpha value is -1.96. The predicted molar refractivity (Wildman–Crippen MR) is 94.7 cm³/mol. The van der Waals surface area contributed by atoms with Gasteiger partial charge >= 0.3 is 0 Å². The number of rotatable bonds is 6. The van der Waals surface area contributed by atoms with Crippen molar-refractivity contribution in [1.29, 1.82) is 0 Å². The van der Waals surface area contributed by atoms with Crippen LogP contribution in [0.1, 0.15) is 30.0 Å². The fourth-order valence-electron chi connectivity index (χ4n) is 3.16. The molecule has 2 aliphatic carbocycles. The van der Waals surface area contributed by atoms with Crippen LogP contribution in [0.4, 0.5) is 5.82 Å². The van der Waals surface area contributed by atoms with E-state index in [1.165, 1.54) is 12.3 Å². The summed E-state index contributed by atoms with van der Waals surface area (Å²) in [6, 6.07) is 10.8. The fraction of sp³-hybridized carbons (Fsp3) is 0.389. The number of fused-ring (bicyclic) bond motifs is 1. The minimum absolute atomic E-state index is 0.158. The SMILES string of the molecule is O=S(=O)(NCC1CC1)c1ccc(N[C@@H]2c3ccccc3C[C@@H]2O)nc1. The quantitative estimate of drug-likeness (QED) is 0.732. The molecule has 0 aliphatic heterocycles. The highest BCUT2D eigenvalue weighted by Crippen LogP contribution is 2.33. The Morgan fingerprint density at radius 1 is 1.16 bits per heavy atom. The number of nitrogens with one attached hydrogen (secondary N) is 2. The molecule has 3 N–H and O–H groups in total. The van der Waals surface area contributed by atoms with Crippen LogP contribution in [-0.2, 0) is 16.4 Å². The van der Waals surface area contributed by atoms with Crippen molar-refractivity contribution in [2.75, 3.05) is 11.9 Å². The number of anilines is 1. The van der Waals surface area contributed by atoms with E-state index in [4.69, 9.17) is 0 Å². The minimum Gasteiger partial charge on any atom is -0.390 e. The summed E-state index contributed by atoms with van der Waals surface area (Å²) in [6.07, 6.45) is 3.61. The first-order valence-corrected chi connectivity index (χ1v) is 9.99. The average molecular weight is 359 g/mol. The highest BCUT2D eigenvalue weighted by Gasteiger charge is 2.31. The smallest absolute Gasteiger partial charge is 0.242 e. The number of pyridine rings is 1. The molecule has 1 aromatic carbocycles. The van der Waals surface area contributed by atoms with Gasteiger partial charge in [-0.15, -0.1) is 0 Å². The molecular formula is C18H21N3O3S. The normalized spacial score (nSPS) is 22.6. The molecule has 25 heavy (non-hydrogen) atoms. The molecule has 1 heterocycles. The van der Waals surface area contributed by atoms with E-state index < -0.39 is 16.1 Å². The Kier molecular flexibility index (Phi) is 4.23. The molecule has 2 aromatic rings. The van der Waals surface area contributed by atoms with Crippen LogP contribution in [0.2, 0.25) is 0 Å². The lowest BCUT2D eigenvalue weighted by molar-refractivity contribution is 0.165. The largest absolute Gasteiger partial charge is 0.390 e. The molecule has 0 saturated heterocycles. The summed E-state index contributed by atoms with van der Waals surface area (Å²) in [4.78, 5) is 4.38. The summed E-state index contributed by atoms with van der Waals surface area (Å²) in [6.45, 7) is 0.493. The Balaban J connectivity index is 1.47. The second-order valence-electron chi connectivity index (χ2n) is 6.77. The Labute approximate surface area is 147 Å². The number of sulfonamides is 1. The molecule has 7 heteroatoms. The molecular weight excluding hydrogens is 338 g/mol. The fourth-order valence-corrected chi connectivity index (χ4v) is 4.23. The molecule has 0 radical (unpaired) electrons. The first-order chi connectivity index (χ1) is 12.0. The average Bonchev–Trinajstić information content (AvgIpc) is 3.39. The van der Waals surface area contributed by atoms with Crippen LogP contribution in [0.15, 0.2) is 47.5 Å². The number of benzene rings is 1. The maximum absolute atomic E-state index is 12.2. The van der Waals surface area contributed by atoms with Gasteiger partial charge in [-0.3, -0.25) is 0 Å². The van der Waals surface area contributed by atoms with Crippen LogP contribution in [0.25, 0.3) is 0 Å². The zero-order chi connectivity index (χ0) is 17.4. The molecule has 0 spiro atoms. The van der Waals surface area contributed by atoms with Gasteiger partial charge in [-0.1, -0.05) is 24.3 Å². The van der Waals surface area contributed by atoms with Crippen LogP contribution in [-0.4, -0.2) is 31.2 Å². The topological polar surface area (TPSA) is 91.3 Å². The maximum Gasteiger partial charge on any atom is 0.242 e. The summed E-state index contributed by atoms with van der Waals surface area (Å²) in [7, 11) is -3.51. The lowest BCUT2D eigenvalue weighted by atomic mass is 10.1. The zero-order valence-corrected chi connectivity index (χ0v) is 14.5. The summed E-state index contributed by atoms with van der Waals surface area (Å²) in [5, 5.41) is 13.5. The summed E-state index contributed by atoms with van der Waals surface area (Å²) < 4.78 is 27.1. The van der Waals surface area contributed by atoms with Gasteiger partial charge in [-0.25, -0.2) is 18.1 Å². The lowest BCUT2D eigenvalue weighted by Crippen LogP contribution is -2.26. The third-order valence-electron chi connectivity index (χ3n) is 4.81. The number of hydrogen-bond donors (Lipinski definition) is 3. The van der Waals surface area contributed by atoms with E-state index in [9.17, 15) is 13.5 Å². The van der Waals surface area contributed by atoms with Gasteiger partial charge in [-0.05, 0) is 42.0 Å². The third-order valence-corrected chi connectivity index (χ3v) is 6.22. The molecule has 4 rings (SSSR count). The Morgan fingerprint density at radius 2 is 1.96 bits per heavy atom. The van der Waals surface area contributed by atoms with E-state index in [1.54, 1.807) is 6.07 Å². The van der Waals surface area contributed by atoms with Gasteiger partial charge in [0.15, 0.2) is 0 Å². The second-order valence-corrected chi connectivity index (χ2v) is 8.53. The molecule has 1 aromatic heterocycles. The molecule has 132 valence electrons. The second kappa shape index (κ2) is 6.40. The van der Waals surface area contributed by atoms with Crippen molar-refractivity contribution in [3.8, 4) is 0 Å². The van der Waals surface area contributed by atoms with E-state index >= 15 is 0 Å². The van der Waals surface area contributed by atoms with Crippen LogP contribution in [0.5, 0.6) is 0 Å². The molecule has 1 fully saturated rings. The van der Waals surface area contributed by atoms with Crippen LogP contribution in [0, 0.1) is 5.92 Å². The molecule has 0 bridgehead atoms. The number of hydrogen-bond acceptors (Lipinski definition) is 5. The summed E-state index contributed by atoms with van der Waals surface area (Å²) in [5.74, 6) is 1.02. The highest BCUT2D eigenvalue weighted by molar-refractivity contribution is 7.89. The number of aliphatic hydroxyl groups excluding tert-OH is 1. The number of aliphatic hydroxyl groups is 1. The van der Waals surface area contributed by atoms with Gasteiger partial charge in [0.1, 0.15) is 10.7 Å². The number of nitrogens with zero attached hydrogens (tertiary/aromatic N) is 1. The van der Waals surface area contributed by atoms with E-state index in [0.29, 0.717) is 24.7 Å². The van der Waals surface area contributed by atoms with Crippen molar-refractivity contribution in [2.24, 2.45) is 5.92 Å². The summed E-state index contributed by atoms with van der Waals surface area (Å²) in [5.41, 5.74) is 2.18. The summed E-state index contributed by atoms with van der Waals surface area (Å²) >= 11 is 0. The molecule has 6 nitrogen and oxygen atoms in total. The molecule has 1 saturated carbocycles. The molecule has 0 amide bonds. The van der Waals surface area contributed by atoms with E-state index in [2.05, 4.69) is 15.0 Å². The highest BCUT2D eigenvalue weighted by atomic mass is 32.2. The molecule has 2 aliphatic rings. The minimum atomic E-state index is -3.51. The van der Waals surface area contributed by atoms with Crippen molar-refractivity contribution in [1.82, 2.24) is 9.71 Å². The standard InChI is InChI=1S/C18H21N3O3S/c22-16-9-13-3-1-2-4-15(13)18(16)21-17-8-7-14(11-19-17)25(23,24)20-10-12-5-6-12/h1-4,7-8,11-12,16,18,20,22H,5-6,9-10H2,(H,19,21)/t16-,18+/m0/s1. The van der Waals surface area contributed by atoms with Gasteiger partial charge in [0.25, 0.3) is 0 Å². The lowest BCUT2D eigenvalue weighted by Gasteiger charge is -2.18. The van der Waals surface area contributed by atoms with Gasteiger partial charge in [0.05, 0.1) is 12.1 Å².